The van der Waals surface area contributed by atoms with Gasteiger partial charge in [-0.3, -0.25) is 9.36 Å². The third kappa shape index (κ3) is 8.81. The molecule has 1 atom stereocenters. The summed E-state index contributed by atoms with van der Waals surface area (Å²) in [6.07, 6.45) is 0.977. The maximum Gasteiger partial charge on any atom is 0.408 e. The number of benzene rings is 3. The van der Waals surface area contributed by atoms with E-state index >= 15 is 0 Å². The summed E-state index contributed by atoms with van der Waals surface area (Å²) in [6, 6.07) is 20.7. The lowest BCUT2D eigenvalue weighted by molar-refractivity contribution is -0.120. The molecule has 0 fully saturated rings. The summed E-state index contributed by atoms with van der Waals surface area (Å²) in [5, 5.41) is 8.65. The van der Waals surface area contributed by atoms with Crippen molar-refractivity contribution in [3.8, 4) is 11.1 Å². The van der Waals surface area contributed by atoms with Gasteiger partial charge < -0.3 is 24.4 Å². The van der Waals surface area contributed by atoms with Crippen molar-refractivity contribution in [1.29, 1.82) is 0 Å². The van der Waals surface area contributed by atoms with Crippen molar-refractivity contribution in [2.75, 3.05) is 18.5 Å². The Labute approximate surface area is 271 Å². The van der Waals surface area contributed by atoms with E-state index in [1.165, 1.54) is 5.82 Å². The van der Waals surface area contributed by atoms with Crippen molar-refractivity contribution in [3.05, 3.63) is 78.2 Å². The fourth-order valence-electron chi connectivity index (χ4n) is 5.05. The van der Waals surface area contributed by atoms with Gasteiger partial charge in [0.05, 0.1) is 24.4 Å². The minimum absolute atomic E-state index is 0.246. The molecule has 10 heteroatoms. The number of amides is 2. The molecule has 2 N–H and O–H groups in total. The molecule has 4 rings (SSSR count). The Morgan fingerprint density at radius 3 is 2.20 bits per heavy atom. The summed E-state index contributed by atoms with van der Waals surface area (Å²) < 4.78 is 29.3. The first-order valence-corrected chi connectivity index (χ1v) is 17.0. The minimum atomic E-state index is -3.42. The quantitative estimate of drug-likeness (QED) is 0.165. The van der Waals surface area contributed by atoms with Crippen LogP contribution in [0.25, 0.3) is 38.9 Å². The molecule has 0 saturated heterocycles. The molecule has 0 aliphatic heterocycles. The number of anilines is 1. The van der Waals surface area contributed by atoms with Crippen LogP contribution >= 0.6 is 7.60 Å². The standard InChI is InChI=1S/C36H44N3O6P/c1-9-43-46(42,44-10-2)21-20-26-19-18-25-22-27(38-33(40)32(35(3,4)5)39-34(41)45-36(6,7)8)23-30(31(25)37-26)29-17-13-15-24-14-11-12-16-28(24)29/h11-23,32H,9-10H2,1-8H3,(H,38,40)(H,39,41). The molecule has 46 heavy (non-hydrogen) atoms. The summed E-state index contributed by atoms with van der Waals surface area (Å²) >= 11 is 0. The Morgan fingerprint density at radius 2 is 1.54 bits per heavy atom. The van der Waals surface area contributed by atoms with Gasteiger partial charge in [-0.15, -0.1) is 0 Å². The van der Waals surface area contributed by atoms with Gasteiger partial charge in [-0.05, 0) is 80.6 Å². The number of nitrogens with zero attached hydrogens (tertiary/aromatic N) is 1. The van der Waals surface area contributed by atoms with E-state index in [0.717, 1.165) is 27.3 Å². The lowest BCUT2D eigenvalue weighted by Crippen LogP contribution is -2.52. The van der Waals surface area contributed by atoms with Gasteiger partial charge in [0.1, 0.15) is 11.6 Å². The van der Waals surface area contributed by atoms with Gasteiger partial charge in [0.25, 0.3) is 0 Å². The first-order valence-electron chi connectivity index (χ1n) is 15.4. The number of ether oxygens (including phenoxy) is 1. The summed E-state index contributed by atoms with van der Waals surface area (Å²) in [4.78, 5) is 31.4. The molecule has 0 radical (unpaired) electrons. The Balaban J connectivity index is 1.81. The zero-order valence-electron chi connectivity index (χ0n) is 27.8. The average molecular weight is 646 g/mol. The molecule has 0 bridgehead atoms. The van der Waals surface area contributed by atoms with Crippen LogP contribution in [0.1, 0.15) is 61.1 Å². The number of carbonyl (C=O) groups is 2. The second-order valence-electron chi connectivity index (χ2n) is 13.0. The van der Waals surface area contributed by atoms with Gasteiger partial charge in [0.15, 0.2) is 0 Å². The van der Waals surface area contributed by atoms with Gasteiger partial charge >= 0.3 is 13.7 Å². The molecular formula is C36H44N3O6P. The minimum Gasteiger partial charge on any atom is -0.444 e. The van der Waals surface area contributed by atoms with E-state index in [9.17, 15) is 14.2 Å². The van der Waals surface area contributed by atoms with Crippen molar-refractivity contribution in [3.63, 3.8) is 0 Å². The highest BCUT2D eigenvalue weighted by molar-refractivity contribution is 7.57. The predicted octanol–water partition coefficient (Wildman–Crippen LogP) is 9.17. The molecule has 4 aromatic rings. The van der Waals surface area contributed by atoms with Crippen LogP contribution in [0.5, 0.6) is 0 Å². The van der Waals surface area contributed by atoms with E-state index in [0.29, 0.717) is 16.9 Å². The van der Waals surface area contributed by atoms with Crippen LogP contribution in [0.4, 0.5) is 10.5 Å². The Bertz CT molecular complexity index is 1790. The Morgan fingerprint density at radius 1 is 0.870 bits per heavy atom. The van der Waals surface area contributed by atoms with Crippen LogP contribution in [0, 0.1) is 5.41 Å². The van der Waals surface area contributed by atoms with E-state index in [1.54, 1.807) is 40.7 Å². The van der Waals surface area contributed by atoms with Crippen molar-refractivity contribution < 1.29 is 27.9 Å². The van der Waals surface area contributed by atoms with Gasteiger partial charge in [0, 0.05) is 22.5 Å². The highest BCUT2D eigenvalue weighted by atomic mass is 31.2. The number of hydrogen-bond donors (Lipinski definition) is 2. The number of alkyl carbamates (subject to hydrolysis) is 1. The molecule has 1 heterocycles. The monoisotopic (exact) mass is 645 g/mol. The number of aromatic nitrogens is 1. The Kier molecular flexibility index (Phi) is 10.7. The molecule has 0 aliphatic rings. The summed E-state index contributed by atoms with van der Waals surface area (Å²) in [5.41, 5.74) is 2.22. The van der Waals surface area contributed by atoms with Crippen LogP contribution < -0.4 is 10.6 Å². The molecule has 0 aliphatic carbocycles. The zero-order valence-corrected chi connectivity index (χ0v) is 28.7. The number of carbonyl (C=O) groups excluding carboxylic acids is 2. The van der Waals surface area contributed by atoms with Crippen LogP contribution in [0.15, 0.2) is 72.5 Å². The number of pyridine rings is 1. The molecule has 244 valence electrons. The van der Waals surface area contributed by atoms with E-state index < -0.39 is 30.7 Å². The van der Waals surface area contributed by atoms with E-state index in [4.69, 9.17) is 18.8 Å². The molecular weight excluding hydrogens is 601 g/mol. The lowest BCUT2D eigenvalue weighted by Gasteiger charge is -2.31. The maximum absolute atomic E-state index is 13.7. The van der Waals surface area contributed by atoms with Crippen molar-refractivity contribution >= 4 is 53.0 Å². The number of hydrogen-bond acceptors (Lipinski definition) is 7. The van der Waals surface area contributed by atoms with E-state index in [1.807, 2.05) is 87.5 Å². The zero-order chi connectivity index (χ0) is 33.7. The predicted molar refractivity (Wildman–Crippen MR) is 186 cm³/mol. The van der Waals surface area contributed by atoms with Crippen LogP contribution in [0.2, 0.25) is 0 Å². The number of nitrogens with one attached hydrogen (secondary N) is 2. The fourth-order valence-corrected chi connectivity index (χ4v) is 6.35. The fraction of sp³-hybridized carbons (Fsp3) is 0.361. The molecule has 0 saturated carbocycles. The third-order valence-corrected chi connectivity index (χ3v) is 8.75. The highest BCUT2D eigenvalue weighted by Gasteiger charge is 2.34. The normalized spacial score (nSPS) is 13.2. The molecule has 3 aromatic carbocycles. The van der Waals surface area contributed by atoms with E-state index in [2.05, 4.69) is 10.6 Å². The molecule has 0 spiro atoms. The SMILES string of the molecule is CCOP(=O)(C=Cc1ccc2cc(NC(=O)C(NC(=O)OC(C)(C)C)C(C)(C)C)cc(-c3cccc4ccccc34)c2n1)OCC. The smallest absolute Gasteiger partial charge is 0.408 e. The highest BCUT2D eigenvalue weighted by Crippen LogP contribution is 2.50. The van der Waals surface area contributed by atoms with Gasteiger partial charge in [-0.25, -0.2) is 9.78 Å². The van der Waals surface area contributed by atoms with Gasteiger partial charge in [0.2, 0.25) is 5.91 Å². The maximum atomic E-state index is 13.7. The van der Waals surface area contributed by atoms with Crippen LogP contribution in [-0.4, -0.2) is 41.8 Å². The second-order valence-corrected chi connectivity index (χ2v) is 14.9. The third-order valence-electron chi connectivity index (χ3n) is 7.00. The first-order chi connectivity index (χ1) is 21.6. The Hall–Kier alpha value is -4.04. The summed E-state index contributed by atoms with van der Waals surface area (Å²) in [6.45, 7) is 15.0. The molecule has 9 nitrogen and oxygen atoms in total. The van der Waals surface area contributed by atoms with E-state index in [-0.39, 0.29) is 19.1 Å². The summed E-state index contributed by atoms with van der Waals surface area (Å²) in [5.74, 6) is 1.06. The largest absolute Gasteiger partial charge is 0.444 e. The van der Waals surface area contributed by atoms with Crippen LogP contribution in [-0.2, 0) is 23.1 Å². The topological polar surface area (TPSA) is 116 Å². The molecule has 1 aromatic heterocycles. The van der Waals surface area contributed by atoms with Gasteiger partial charge in [-0.1, -0.05) is 69.3 Å². The average Bonchev–Trinajstić information content (AvgIpc) is 2.97. The van der Waals surface area contributed by atoms with Crippen molar-refractivity contribution in [1.82, 2.24) is 10.3 Å². The van der Waals surface area contributed by atoms with Gasteiger partial charge in [-0.2, -0.15) is 0 Å². The van der Waals surface area contributed by atoms with Crippen molar-refractivity contribution in [2.45, 2.75) is 67.0 Å². The molecule has 2 amide bonds. The number of fused-ring (bicyclic) bond motifs is 2. The lowest BCUT2D eigenvalue weighted by atomic mass is 9.86. The first kappa shape index (κ1) is 34.8. The van der Waals surface area contributed by atoms with Crippen molar-refractivity contribution in [2.24, 2.45) is 5.41 Å². The molecule has 1 unspecified atom stereocenters. The van der Waals surface area contributed by atoms with Crippen LogP contribution in [0.3, 0.4) is 0 Å². The second kappa shape index (κ2) is 14.2. The number of rotatable bonds is 10. The summed E-state index contributed by atoms with van der Waals surface area (Å²) in [7, 11) is -3.42.